The Morgan fingerprint density at radius 2 is 1.31 bits per heavy atom. The van der Waals surface area contributed by atoms with Crippen LogP contribution in [0.1, 0.15) is 51.9 Å². The van der Waals surface area contributed by atoms with Crippen molar-refractivity contribution in [1.82, 2.24) is 0 Å². The van der Waals surface area contributed by atoms with E-state index in [0.717, 1.165) is 24.2 Å². The number of nitrogens with zero attached hydrogens (tertiary/aromatic N) is 1. The van der Waals surface area contributed by atoms with Gasteiger partial charge >= 0.3 is 0 Å². The van der Waals surface area contributed by atoms with E-state index in [9.17, 15) is 0 Å². The van der Waals surface area contributed by atoms with Crippen LogP contribution in [-0.4, -0.2) is 45.4 Å². The minimum atomic E-state index is 0.902. The Hall–Kier alpha value is -0.0800. The highest BCUT2D eigenvalue weighted by atomic mass is 16.5. The molecule has 0 aliphatic carbocycles. The molecule has 0 aliphatic heterocycles. The van der Waals surface area contributed by atoms with Crippen molar-refractivity contribution < 1.29 is 9.22 Å². The lowest BCUT2D eigenvalue weighted by molar-refractivity contribution is -0.870. The molecule has 0 saturated carbocycles. The Labute approximate surface area is 103 Å². The number of hydrogen-bond acceptors (Lipinski definition) is 1. The molecule has 16 heavy (non-hydrogen) atoms. The van der Waals surface area contributed by atoms with E-state index in [2.05, 4.69) is 28.1 Å². The summed E-state index contributed by atoms with van der Waals surface area (Å²) < 4.78 is 6.62. The lowest BCUT2D eigenvalue weighted by atomic mass is 10.1. The Morgan fingerprint density at radius 3 is 1.88 bits per heavy atom. The minimum absolute atomic E-state index is 0.902. The van der Waals surface area contributed by atoms with Gasteiger partial charge in [0.1, 0.15) is 6.54 Å². The van der Waals surface area contributed by atoms with E-state index in [1.54, 1.807) is 0 Å². The molecular formula is C14H32NO+. The summed E-state index contributed by atoms with van der Waals surface area (Å²) in [5.41, 5.74) is 0. The summed E-state index contributed by atoms with van der Waals surface area (Å²) in [5.74, 6) is 0. The molecule has 0 aromatic carbocycles. The van der Waals surface area contributed by atoms with Crippen LogP contribution in [-0.2, 0) is 4.74 Å². The van der Waals surface area contributed by atoms with Gasteiger partial charge in [0.05, 0.1) is 27.7 Å². The molecule has 2 heteroatoms. The van der Waals surface area contributed by atoms with Gasteiger partial charge in [0.2, 0.25) is 0 Å². The van der Waals surface area contributed by atoms with Crippen molar-refractivity contribution in [3.05, 3.63) is 0 Å². The maximum Gasteiger partial charge on any atom is 0.102 e. The molecule has 0 amide bonds. The standard InChI is InChI=1S/C14H32NO/c1-5-6-7-8-9-10-11-13-16-14-12-15(2,3)4/h5-14H2,1-4H3/q+1. The van der Waals surface area contributed by atoms with Gasteiger partial charge in [-0.15, -0.1) is 0 Å². The van der Waals surface area contributed by atoms with Gasteiger partial charge in [0, 0.05) is 6.61 Å². The Morgan fingerprint density at radius 1 is 0.750 bits per heavy atom. The molecule has 98 valence electrons. The zero-order chi connectivity index (χ0) is 12.3. The number of unbranched alkanes of at least 4 members (excludes halogenated alkanes) is 6. The number of hydrogen-bond donors (Lipinski definition) is 0. The zero-order valence-corrected chi connectivity index (χ0v) is 11.9. The molecule has 0 aliphatic rings. The summed E-state index contributed by atoms with van der Waals surface area (Å²) in [7, 11) is 6.62. The zero-order valence-electron chi connectivity index (χ0n) is 11.9. The monoisotopic (exact) mass is 230 g/mol. The summed E-state index contributed by atoms with van der Waals surface area (Å²) in [5, 5.41) is 0. The molecule has 0 unspecified atom stereocenters. The first-order chi connectivity index (χ1) is 7.56. The smallest absolute Gasteiger partial charge is 0.102 e. The molecule has 0 saturated heterocycles. The van der Waals surface area contributed by atoms with E-state index in [-0.39, 0.29) is 0 Å². The van der Waals surface area contributed by atoms with Crippen molar-refractivity contribution in [2.45, 2.75) is 51.9 Å². The van der Waals surface area contributed by atoms with Gasteiger partial charge in [-0.2, -0.15) is 0 Å². The first-order valence-electron chi connectivity index (χ1n) is 6.94. The summed E-state index contributed by atoms with van der Waals surface area (Å²) >= 11 is 0. The summed E-state index contributed by atoms with van der Waals surface area (Å²) in [4.78, 5) is 0. The van der Waals surface area contributed by atoms with Gasteiger partial charge in [0.15, 0.2) is 0 Å². The van der Waals surface area contributed by atoms with Gasteiger partial charge in [0.25, 0.3) is 0 Å². The van der Waals surface area contributed by atoms with Gasteiger partial charge in [-0.05, 0) is 6.42 Å². The summed E-state index contributed by atoms with van der Waals surface area (Å²) in [6.07, 6.45) is 9.54. The maximum absolute atomic E-state index is 5.62. The van der Waals surface area contributed by atoms with Crippen molar-refractivity contribution in [3.8, 4) is 0 Å². The van der Waals surface area contributed by atoms with Crippen LogP contribution < -0.4 is 0 Å². The van der Waals surface area contributed by atoms with Crippen molar-refractivity contribution >= 4 is 0 Å². The molecule has 0 radical (unpaired) electrons. The summed E-state index contributed by atoms with van der Waals surface area (Å²) in [6.45, 7) is 5.23. The molecule has 0 N–H and O–H groups in total. The summed E-state index contributed by atoms with van der Waals surface area (Å²) in [6, 6.07) is 0. The van der Waals surface area contributed by atoms with Crippen molar-refractivity contribution in [2.24, 2.45) is 0 Å². The van der Waals surface area contributed by atoms with Crippen LogP contribution in [0.2, 0.25) is 0 Å². The predicted octanol–water partition coefficient (Wildman–Crippen LogP) is 3.46. The third kappa shape index (κ3) is 13.9. The first kappa shape index (κ1) is 15.9. The first-order valence-corrected chi connectivity index (χ1v) is 6.94. The predicted molar refractivity (Wildman–Crippen MR) is 71.7 cm³/mol. The molecule has 0 aromatic rings. The highest BCUT2D eigenvalue weighted by molar-refractivity contribution is 4.44. The second-order valence-corrected chi connectivity index (χ2v) is 5.75. The fourth-order valence-electron chi connectivity index (χ4n) is 1.60. The van der Waals surface area contributed by atoms with Crippen LogP contribution in [0.4, 0.5) is 0 Å². The van der Waals surface area contributed by atoms with Gasteiger partial charge in [-0.3, -0.25) is 0 Å². The number of rotatable bonds is 11. The Bertz CT molecular complexity index is 140. The van der Waals surface area contributed by atoms with Crippen molar-refractivity contribution in [2.75, 3.05) is 40.9 Å². The number of quaternary nitrogens is 1. The lowest BCUT2D eigenvalue weighted by Crippen LogP contribution is -2.37. The third-order valence-corrected chi connectivity index (χ3v) is 2.80. The highest BCUT2D eigenvalue weighted by Gasteiger charge is 2.05. The Balaban J connectivity index is 2.99. The van der Waals surface area contributed by atoms with Crippen LogP contribution in [0.25, 0.3) is 0 Å². The molecule has 0 bridgehead atoms. The molecule has 0 fully saturated rings. The number of likely N-dealkylation sites (N-methyl/N-ethyl adjacent to an activating group) is 1. The van der Waals surface area contributed by atoms with Crippen molar-refractivity contribution in [3.63, 3.8) is 0 Å². The van der Waals surface area contributed by atoms with Crippen LogP contribution >= 0.6 is 0 Å². The van der Waals surface area contributed by atoms with Crippen LogP contribution in [0.5, 0.6) is 0 Å². The van der Waals surface area contributed by atoms with E-state index in [1.165, 1.54) is 44.9 Å². The second kappa shape index (κ2) is 10.1. The van der Waals surface area contributed by atoms with Gasteiger partial charge in [-0.25, -0.2) is 0 Å². The van der Waals surface area contributed by atoms with E-state index in [0.29, 0.717) is 0 Å². The molecule has 0 heterocycles. The second-order valence-electron chi connectivity index (χ2n) is 5.75. The topological polar surface area (TPSA) is 9.23 Å². The Kier molecular flexibility index (Phi) is 10.0. The maximum atomic E-state index is 5.62. The van der Waals surface area contributed by atoms with Crippen LogP contribution in [0.15, 0.2) is 0 Å². The normalized spacial score (nSPS) is 12.0. The molecule has 0 atom stereocenters. The van der Waals surface area contributed by atoms with E-state index in [1.807, 2.05) is 0 Å². The fourth-order valence-corrected chi connectivity index (χ4v) is 1.60. The van der Waals surface area contributed by atoms with E-state index < -0.39 is 0 Å². The largest absolute Gasteiger partial charge is 0.376 e. The van der Waals surface area contributed by atoms with E-state index in [4.69, 9.17) is 4.74 Å². The average Bonchev–Trinajstić information content (AvgIpc) is 2.19. The fraction of sp³-hybridized carbons (Fsp3) is 1.00. The van der Waals surface area contributed by atoms with E-state index >= 15 is 0 Å². The number of ether oxygens (including phenoxy) is 1. The third-order valence-electron chi connectivity index (χ3n) is 2.80. The molecular weight excluding hydrogens is 198 g/mol. The average molecular weight is 230 g/mol. The van der Waals surface area contributed by atoms with Crippen LogP contribution in [0.3, 0.4) is 0 Å². The molecule has 2 nitrogen and oxygen atoms in total. The SMILES string of the molecule is CCCCCCCCCOCC[N+](C)(C)C. The molecule has 0 spiro atoms. The van der Waals surface area contributed by atoms with Gasteiger partial charge < -0.3 is 9.22 Å². The molecule has 0 rings (SSSR count). The lowest BCUT2D eigenvalue weighted by Gasteiger charge is -2.23. The highest BCUT2D eigenvalue weighted by Crippen LogP contribution is 2.06. The quantitative estimate of drug-likeness (QED) is 0.390. The van der Waals surface area contributed by atoms with Gasteiger partial charge in [-0.1, -0.05) is 45.4 Å². The van der Waals surface area contributed by atoms with Crippen molar-refractivity contribution in [1.29, 1.82) is 0 Å². The minimum Gasteiger partial charge on any atom is -0.376 e. The molecule has 0 aromatic heterocycles. The van der Waals surface area contributed by atoms with Crippen LogP contribution in [0, 0.1) is 0 Å².